The SMILES string of the molecule is CC(C)=CCC/C(C)=C/Cc1c(O)c(CC=C(C)C)c2c(c1O)C(=O)C1=CC3CC4C(C)(C)OC(C/C=C(\C)C(=O)OCCCN5CCN(C)CC5)(C3=O)C14O2. The van der Waals surface area contributed by atoms with Gasteiger partial charge in [0.25, 0.3) is 0 Å². The normalized spacial score (nSPS) is 27.0. The number of nitrogens with zero attached hydrogens (tertiary/aromatic N) is 2. The van der Waals surface area contributed by atoms with Gasteiger partial charge in [0.05, 0.1) is 12.2 Å². The quantitative estimate of drug-likeness (QED) is 0.0858. The van der Waals surface area contributed by atoms with E-state index in [1.807, 2.05) is 46.8 Å². The molecule has 10 heteroatoms. The molecule has 0 radical (unpaired) electrons. The fraction of sp³-hybridized carbons (Fsp3) is 0.587. The van der Waals surface area contributed by atoms with Crippen LogP contribution >= 0.6 is 0 Å². The van der Waals surface area contributed by atoms with Crippen LogP contribution in [-0.2, 0) is 31.9 Å². The molecule has 6 aliphatic rings. The number of Topliss-reactive ketones (excluding diaryl/α,β-unsaturated/α-hetero) is 2. The smallest absolute Gasteiger partial charge is 0.333 e. The first-order valence-electron chi connectivity index (χ1n) is 20.4. The van der Waals surface area contributed by atoms with Crippen LogP contribution in [0.15, 0.2) is 58.2 Å². The predicted octanol–water partition coefficient (Wildman–Crippen LogP) is 7.37. The molecule has 3 heterocycles. The summed E-state index contributed by atoms with van der Waals surface area (Å²) in [6.07, 6.45) is 12.8. The fourth-order valence-corrected chi connectivity index (χ4v) is 9.44. The molecule has 7 rings (SSSR count). The van der Waals surface area contributed by atoms with Gasteiger partial charge in [-0.3, -0.25) is 9.59 Å². The van der Waals surface area contributed by atoms with Crippen LogP contribution in [0.1, 0.15) is 109 Å². The molecule has 3 fully saturated rings. The number of rotatable bonds is 14. The Morgan fingerprint density at radius 3 is 2.29 bits per heavy atom. The first-order chi connectivity index (χ1) is 26.4. The number of ether oxygens (including phenoxy) is 3. The maximum atomic E-state index is 15.0. The average molecular weight is 771 g/mol. The van der Waals surface area contributed by atoms with Crippen molar-refractivity contribution in [2.24, 2.45) is 11.8 Å². The van der Waals surface area contributed by atoms with Crippen molar-refractivity contribution in [2.45, 2.75) is 117 Å². The summed E-state index contributed by atoms with van der Waals surface area (Å²) in [5, 5.41) is 23.8. The number of piperazine rings is 1. The van der Waals surface area contributed by atoms with Crippen LogP contribution in [0.25, 0.3) is 0 Å². The lowest BCUT2D eigenvalue weighted by Gasteiger charge is -2.56. The van der Waals surface area contributed by atoms with Gasteiger partial charge in [-0.15, -0.1) is 0 Å². The van der Waals surface area contributed by atoms with Crippen molar-refractivity contribution < 1.29 is 38.8 Å². The fourth-order valence-electron chi connectivity index (χ4n) is 9.44. The molecule has 3 aliphatic carbocycles. The summed E-state index contributed by atoms with van der Waals surface area (Å²) < 4.78 is 19.6. The van der Waals surface area contributed by atoms with Gasteiger partial charge >= 0.3 is 5.97 Å². The molecule has 1 spiro atoms. The zero-order chi connectivity index (χ0) is 40.7. The van der Waals surface area contributed by atoms with E-state index in [0.29, 0.717) is 23.1 Å². The third-order valence-electron chi connectivity index (χ3n) is 12.6. The third kappa shape index (κ3) is 7.45. The number of carbonyl (C=O) groups is 3. The van der Waals surface area contributed by atoms with Gasteiger partial charge in [-0.2, -0.15) is 0 Å². The Bertz CT molecular complexity index is 1920. The van der Waals surface area contributed by atoms with Crippen molar-refractivity contribution in [3.05, 3.63) is 74.9 Å². The van der Waals surface area contributed by atoms with Crippen LogP contribution in [0.5, 0.6) is 17.2 Å². The van der Waals surface area contributed by atoms with Gasteiger partial charge in [-0.05, 0) is 101 Å². The summed E-state index contributed by atoms with van der Waals surface area (Å²) in [7, 11) is 2.12. The molecule has 1 aromatic carbocycles. The van der Waals surface area contributed by atoms with Crippen LogP contribution in [-0.4, -0.2) is 101 Å². The van der Waals surface area contributed by atoms with Gasteiger partial charge in [0, 0.05) is 73.3 Å². The minimum Gasteiger partial charge on any atom is -0.507 e. The highest BCUT2D eigenvalue weighted by Gasteiger charge is 2.81. The standard InChI is InChI=1S/C46H62N2O8/c1-28(2)12-10-13-30(5)15-17-33-38(49)34(16-14-29(3)4)41-37(39(33)50)40(51)35-26-32-27-36-44(7,8)56-45(42(32)52,46(35,36)55-41)19-18-31(6)43(53)54-25-11-20-48-23-21-47(9)22-24-48/h12,14-15,18,26,32,36,49-50H,10-11,13,16-17,19-25,27H2,1-9H3/b30-15+,31-18+. The van der Waals surface area contributed by atoms with Gasteiger partial charge in [-0.25, -0.2) is 4.79 Å². The number of carbonyl (C=O) groups excluding carboxylic acids is 3. The molecule has 0 amide bonds. The summed E-state index contributed by atoms with van der Waals surface area (Å²) in [6.45, 7) is 20.8. The lowest BCUT2D eigenvalue weighted by atomic mass is 9.51. The Morgan fingerprint density at radius 2 is 1.61 bits per heavy atom. The van der Waals surface area contributed by atoms with Crippen molar-refractivity contribution in [3.63, 3.8) is 0 Å². The predicted molar refractivity (Wildman–Crippen MR) is 217 cm³/mol. The maximum absolute atomic E-state index is 15.0. The number of hydrogen-bond acceptors (Lipinski definition) is 10. The number of esters is 1. The number of hydrogen-bond donors (Lipinski definition) is 2. The number of phenolic OH excluding ortho intramolecular Hbond substituents is 2. The lowest BCUT2D eigenvalue weighted by molar-refractivity contribution is -0.171. The second-order valence-corrected chi connectivity index (χ2v) is 17.7. The number of benzene rings is 1. The van der Waals surface area contributed by atoms with E-state index in [1.165, 1.54) is 5.57 Å². The molecular weight excluding hydrogens is 709 g/mol. The van der Waals surface area contributed by atoms with E-state index >= 15 is 0 Å². The van der Waals surface area contributed by atoms with E-state index in [1.54, 1.807) is 19.1 Å². The zero-order valence-corrected chi connectivity index (χ0v) is 35.0. The number of ketones is 2. The summed E-state index contributed by atoms with van der Waals surface area (Å²) >= 11 is 0. The number of aromatic hydroxyl groups is 2. The largest absolute Gasteiger partial charge is 0.507 e. The van der Waals surface area contributed by atoms with Gasteiger partial charge in [0.2, 0.25) is 0 Å². The molecule has 4 unspecified atom stereocenters. The molecule has 0 aromatic heterocycles. The maximum Gasteiger partial charge on any atom is 0.333 e. The highest BCUT2D eigenvalue weighted by atomic mass is 16.6. The van der Waals surface area contributed by atoms with Crippen LogP contribution < -0.4 is 4.74 Å². The molecule has 3 aliphatic heterocycles. The Kier molecular flexibility index (Phi) is 12.0. The molecule has 56 heavy (non-hydrogen) atoms. The van der Waals surface area contributed by atoms with Crippen molar-refractivity contribution in [3.8, 4) is 17.2 Å². The van der Waals surface area contributed by atoms with Crippen LogP contribution in [0.4, 0.5) is 0 Å². The number of allylic oxidation sites excluding steroid dienone is 7. The summed E-state index contributed by atoms with van der Waals surface area (Å²) in [5.41, 5.74) is 0.581. The summed E-state index contributed by atoms with van der Waals surface area (Å²) in [4.78, 5) is 47.5. The molecular formula is C46H62N2O8. The van der Waals surface area contributed by atoms with Crippen molar-refractivity contribution >= 4 is 17.5 Å². The first-order valence-corrected chi connectivity index (χ1v) is 20.4. The Balaban J connectivity index is 1.34. The van der Waals surface area contributed by atoms with Gasteiger partial charge in [-0.1, -0.05) is 47.1 Å². The van der Waals surface area contributed by atoms with E-state index in [9.17, 15) is 24.6 Å². The van der Waals surface area contributed by atoms with Crippen LogP contribution in [0.3, 0.4) is 0 Å². The topological polar surface area (TPSA) is 126 Å². The average Bonchev–Trinajstić information content (AvgIpc) is 3.29. The Hall–Kier alpha value is -3.99. The number of phenols is 2. The molecule has 10 nitrogen and oxygen atoms in total. The van der Waals surface area contributed by atoms with Gasteiger partial charge in [0.15, 0.2) is 22.8 Å². The first kappa shape index (κ1) is 41.6. The van der Waals surface area contributed by atoms with Crippen LogP contribution in [0.2, 0.25) is 0 Å². The van der Waals surface area contributed by atoms with Gasteiger partial charge in [0.1, 0.15) is 22.8 Å². The van der Waals surface area contributed by atoms with E-state index in [0.717, 1.165) is 63.1 Å². The molecule has 1 saturated carbocycles. The third-order valence-corrected chi connectivity index (χ3v) is 12.6. The highest BCUT2D eigenvalue weighted by Crippen LogP contribution is 2.68. The monoisotopic (exact) mass is 770 g/mol. The molecule has 4 bridgehead atoms. The summed E-state index contributed by atoms with van der Waals surface area (Å²) in [5.74, 6) is -2.46. The molecule has 1 aromatic rings. The Morgan fingerprint density at radius 1 is 0.929 bits per heavy atom. The molecule has 2 saturated heterocycles. The van der Waals surface area contributed by atoms with E-state index in [-0.39, 0.29) is 60.0 Å². The summed E-state index contributed by atoms with van der Waals surface area (Å²) in [6, 6.07) is 0. The molecule has 2 N–H and O–H groups in total. The second kappa shape index (κ2) is 16.1. The Labute approximate surface area is 332 Å². The lowest BCUT2D eigenvalue weighted by Crippen LogP contribution is -2.72. The van der Waals surface area contributed by atoms with Crippen molar-refractivity contribution in [1.82, 2.24) is 9.80 Å². The highest BCUT2D eigenvalue weighted by molar-refractivity contribution is 6.18. The minimum atomic E-state index is -1.63. The van der Waals surface area contributed by atoms with E-state index in [4.69, 9.17) is 14.2 Å². The molecule has 304 valence electrons. The van der Waals surface area contributed by atoms with Crippen molar-refractivity contribution in [1.29, 1.82) is 0 Å². The second-order valence-electron chi connectivity index (χ2n) is 17.7. The molecule has 4 atom stereocenters. The van der Waals surface area contributed by atoms with E-state index < -0.39 is 40.4 Å². The number of likely N-dealkylation sites (N-methyl/N-ethyl adjacent to an activating group) is 1. The van der Waals surface area contributed by atoms with E-state index in [2.05, 4.69) is 36.8 Å². The number of fused-ring (bicyclic) bond motifs is 1. The minimum absolute atomic E-state index is 0.00153. The zero-order valence-electron chi connectivity index (χ0n) is 35.0. The van der Waals surface area contributed by atoms with Crippen molar-refractivity contribution in [2.75, 3.05) is 46.4 Å². The van der Waals surface area contributed by atoms with Crippen LogP contribution in [0, 0.1) is 11.8 Å². The van der Waals surface area contributed by atoms with Gasteiger partial charge < -0.3 is 34.2 Å².